The first-order valence-corrected chi connectivity index (χ1v) is 10.7. The lowest BCUT2D eigenvalue weighted by Gasteiger charge is -2.27. The highest BCUT2D eigenvalue weighted by molar-refractivity contribution is 7.71. The van der Waals surface area contributed by atoms with Gasteiger partial charge in [-0.2, -0.15) is 5.10 Å². The Morgan fingerprint density at radius 1 is 1.23 bits per heavy atom. The number of nitrogens with one attached hydrogen (secondary N) is 1. The summed E-state index contributed by atoms with van der Waals surface area (Å²) in [5.41, 5.74) is 3.04. The number of aromatic amines is 1. The van der Waals surface area contributed by atoms with E-state index in [0.717, 1.165) is 41.0 Å². The molecule has 1 aromatic heterocycles. The number of nitrogens with zero attached hydrogens (tertiary/aromatic N) is 3. The zero-order valence-corrected chi connectivity index (χ0v) is 18.7. The van der Waals surface area contributed by atoms with Crippen molar-refractivity contribution in [3.05, 3.63) is 58.4 Å². The van der Waals surface area contributed by atoms with Crippen LogP contribution >= 0.6 is 12.2 Å². The molecule has 31 heavy (non-hydrogen) atoms. The third kappa shape index (κ3) is 4.20. The zero-order valence-electron chi connectivity index (χ0n) is 17.9. The van der Waals surface area contributed by atoms with Gasteiger partial charge in [-0.05, 0) is 50.2 Å². The Balaban J connectivity index is 1.61. The minimum Gasteiger partial charge on any atom is -0.497 e. The van der Waals surface area contributed by atoms with Crippen LogP contribution in [0, 0.1) is 11.7 Å². The van der Waals surface area contributed by atoms with Gasteiger partial charge < -0.3 is 14.4 Å². The first kappa shape index (κ1) is 21.1. The molecule has 1 amide bonds. The molecule has 1 aliphatic heterocycles. The molecule has 1 unspecified atom stereocenters. The third-order valence-corrected chi connectivity index (χ3v) is 6.01. The fourth-order valence-electron chi connectivity index (χ4n) is 4.18. The van der Waals surface area contributed by atoms with Crippen molar-refractivity contribution in [3.63, 3.8) is 0 Å². The minimum absolute atomic E-state index is 0.00627. The van der Waals surface area contributed by atoms with E-state index in [2.05, 4.69) is 10.2 Å². The van der Waals surface area contributed by atoms with Crippen LogP contribution in [0.15, 0.2) is 42.5 Å². The van der Waals surface area contributed by atoms with Gasteiger partial charge in [0.25, 0.3) is 0 Å². The molecule has 0 spiro atoms. The highest BCUT2D eigenvalue weighted by atomic mass is 32.1. The molecule has 0 bridgehead atoms. The van der Waals surface area contributed by atoms with Gasteiger partial charge in [-0.25, -0.2) is 0 Å². The van der Waals surface area contributed by atoms with Crippen molar-refractivity contribution in [1.29, 1.82) is 0 Å². The Morgan fingerprint density at radius 2 is 2.06 bits per heavy atom. The molecule has 3 aromatic rings. The average molecular weight is 439 g/mol. The first-order chi connectivity index (χ1) is 15.0. The Bertz CT molecular complexity index is 1150. The van der Waals surface area contributed by atoms with Crippen LogP contribution in [0.5, 0.6) is 11.5 Å². The summed E-state index contributed by atoms with van der Waals surface area (Å²) in [5, 5.41) is 7.21. The van der Waals surface area contributed by atoms with Crippen LogP contribution in [0.25, 0.3) is 11.4 Å². The van der Waals surface area contributed by atoms with Crippen LogP contribution in [0.2, 0.25) is 0 Å². The van der Waals surface area contributed by atoms with Crippen LogP contribution < -0.4 is 9.47 Å². The van der Waals surface area contributed by atoms with E-state index in [1.165, 1.54) is 0 Å². The molecule has 1 fully saturated rings. The molecule has 8 heteroatoms. The lowest BCUT2D eigenvalue weighted by Crippen LogP contribution is -2.33. The SMILES string of the molecule is COc1ccc(C2CCCN2C(=O)Cn2c(-c3cccc(C)c3)n[nH]c2=S)c(OC)c1. The monoisotopic (exact) mass is 438 g/mol. The van der Waals surface area contributed by atoms with Gasteiger partial charge in [0.2, 0.25) is 5.91 Å². The Labute approximate surface area is 186 Å². The maximum atomic E-state index is 13.4. The summed E-state index contributed by atoms with van der Waals surface area (Å²) in [7, 11) is 3.26. The molecule has 1 N–H and O–H groups in total. The topological polar surface area (TPSA) is 72.4 Å². The van der Waals surface area contributed by atoms with Crippen LogP contribution in [0.1, 0.15) is 30.0 Å². The second kappa shape index (κ2) is 8.93. The number of methoxy groups -OCH3 is 2. The van der Waals surface area contributed by atoms with Gasteiger partial charge >= 0.3 is 0 Å². The smallest absolute Gasteiger partial charge is 0.243 e. The highest BCUT2D eigenvalue weighted by Gasteiger charge is 2.32. The molecule has 7 nitrogen and oxygen atoms in total. The lowest BCUT2D eigenvalue weighted by atomic mass is 10.0. The predicted octanol–water partition coefficient (Wildman–Crippen LogP) is 4.30. The number of likely N-dealkylation sites (tertiary alicyclic amines) is 1. The number of aromatic nitrogens is 3. The van der Waals surface area contributed by atoms with Crippen molar-refractivity contribution < 1.29 is 14.3 Å². The van der Waals surface area contributed by atoms with Gasteiger partial charge in [0.05, 0.1) is 20.3 Å². The Morgan fingerprint density at radius 3 is 2.81 bits per heavy atom. The number of rotatable bonds is 6. The number of carbonyl (C=O) groups is 1. The maximum Gasteiger partial charge on any atom is 0.243 e. The third-order valence-electron chi connectivity index (χ3n) is 5.70. The number of aryl methyl sites for hydroxylation is 1. The van der Waals surface area contributed by atoms with Crippen molar-refractivity contribution in [2.24, 2.45) is 0 Å². The standard InChI is InChI=1S/C23H26N4O3S/c1-15-6-4-7-16(12-15)22-24-25-23(31)27(22)14-21(28)26-11-5-8-19(26)18-10-9-17(29-2)13-20(18)30-3/h4,6-7,9-10,12-13,19H,5,8,11,14H2,1-3H3,(H,25,31). The van der Waals surface area contributed by atoms with Crippen LogP contribution in [0.3, 0.4) is 0 Å². The predicted molar refractivity (Wildman–Crippen MR) is 121 cm³/mol. The number of ether oxygens (including phenoxy) is 2. The molecule has 0 saturated carbocycles. The average Bonchev–Trinajstić information content (AvgIpc) is 3.40. The largest absolute Gasteiger partial charge is 0.497 e. The number of benzene rings is 2. The van der Waals surface area contributed by atoms with E-state index in [1.807, 2.05) is 54.3 Å². The van der Waals surface area contributed by atoms with Gasteiger partial charge in [-0.3, -0.25) is 14.5 Å². The van der Waals surface area contributed by atoms with Crippen LogP contribution in [-0.4, -0.2) is 46.3 Å². The van der Waals surface area contributed by atoms with Crippen molar-refractivity contribution in [2.75, 3.05) is 20.8 Å². The van der Waals surface area contributed by atoms with E-state index in [4.69, 9.17) is 21.7 Å². The number of H-pyrrole nitrogens is 1. The summed E-state index contributed by atoms with van der Waals surface area (Å²) >= 11 is 5.43. The number of carbonyl (C=O) groups excluding carboxylic acids is 1. The summed E-state index contributed by atoms with van der Waals surface area (Å²) < 4.78 is 13.1. The van der Waals surface area contributed by atoms with Crippen molar-refractivity contribution in [3.8, 4) is 22.9 Å². The summed E-state index contributed by atoms with van der Waals surface area (Å²) in [6.07, 6.45) is 1.82. The molecular weight excluding hydrogens is 412 g/mol. The second-order valence-electron chi connectivity index (χ2n) is 7.66. The van der Waals surface area contributed by atoms with E-state index in [1.54, 1.807) is 18.8 Å². The van der Waals surface area contributed by atoms with Crippen LogP contribution in [-0.2, 0) is 11.3 Å². The fraction of sp³-hybridized carbons (Fsp3) is 0.348. The van der Waals surface area contributed by atoms with Gasteiger partial charge in [-0.1, -0.05) is 23.8 Å². The Kier molecular flexibility index (Phi) is 6.08. The molecule has 1 aliphatic rings. The minimum atomic E-state index is -0.0446. The van der Waals surface area contributed by atoms with Crippen LogP contribution in [0.4, 0.5) is 0 Å². The van der Waals surface area contributed by atoms with E-state index in [-0.39, 0.29) is 18.5 Å². The van der Waals surface area contributed by atoms with Gasteiger partial charge in [0.1, 0.15) is 18.0 Å². The molecule has 4 rings (SSSR count). The molecule has 0 radical (unpaired) electrons. The normalized spacial score (nSPS) is 15.8. The number of hydrogen-bond donors (Lipinski definition) is 1. The Hall–Kier alpha value is -3.13. The lowest BCUT2D eigenvalue weighted by molar-refractivity contribution is -0.132. The number of hydrogen-bond acceptors (Lipinski definition) is 5. The first-order valence-electron chi connectivity index (χ1n) is 10.3. The quantitative estimate of drug-likeness (QED) is 0.581. The molecule has 162 valence electrons. The van der Waals surface area contributed by atoms with E-state index >= 15 is 0 Å². The van der Waals surface area contributed by atoms with E-state index < -0.39 is 0 Å². The maximum absolute atomic E-state index is 13.4. The molecule has 2 aromatic carbocycles. The summed E-state index contributed by atoms with van der Waals surface area (Å²) in [4.78, 5) is 15.3. The molecule has 0 aliphatic carbocycles. The molecular formula is C23H26N4O3S. The summed E-state index contributed by atoms with van der Waals surface area (Å²) in [5.74, 6) is 2.12. The molecule has 2 heterocycles. The zero-order chi connectivity index (χ0) is 22.0. The summed E-state index contributed by atoms with van der Waals surface area (Å²) in [6, 6.07) is 13.7. The second-order valence-corrected chi connectivity index (χ2v) is 8.05. The van der Waals surface area contributed by atoms with Crippen molar-refractivity contribution in [2.45, 2.75) is 32.4 Å². The number of amides is 1. The highest BCUT2D eigenvalue weighted by Crippen LogP contribution is 2.39. The fourth-order valence-corrected chi connectivity index (χ4v) is 4.37. The summed E-state index contributed by atoms with van der Waals surface area (Å²) in [6.45, 7) is 2.86. The molecule has 1 saturated heterocycles. The van der Waals surface area contributed by atoms with E-state index in [0.29, 0.717) is 17.1 Å². The van der Waals surface area contributed by atoms with E-state index in [9.17, 15) is 4.79 Å². The van der Waals surface area contributed by atoms with Crippen molar-refractivity contribution >= 4 is 18.1 Å². The van der Waals surface area contributed by atoms with Gasteiger partial charge in [-0.15, -0.1) is 0 Å². The molecule has 1 atom stereocenters. The van der Waals surface area contributed by atoms with Gasteiger partial charge in [0.15, 0.2) is 10.6 Å². The van der Waals surface area contributed by atoms with Crippen molar-refractivity contribution in [1.82, 2.24) is 19.7 Å². The van der Waals surface area contributed by atoms with Gasteiger partial charge in [0, 0.05) is 23.7 Å².